The highest BCUT2D eigenvalue weighted by Gasteiger charge is 2.22. The van der Waals surface area contributed by atoms with Crippen LogP contribution in [0.15, 0.2) is 23.2 Å². The molecule has 0 saturated heterocycles. The van der Waals surface area contributed by atoms with Gasteiger partial charge in [-0.05, 0) is 24.1 Å². The van der Waals surface area contributed by atoms with Crippen molar-refractivity contribution >= 4 is 29.1 Å². The molecule has 1 atom stereocenters. The van der Waals surface area contributed by atoms with E-state index in [0.717, 1.165) is 5.56 Å². The number of hydrogen-bond acceptors (Lipinski definition) is 2. The first kappa shape index (κ1) is 11.7. The van der Waals surface area contributed by atoms with Gasteiger partial charge in [-0.2, -0.15) is 0 Å². The van der Waals surface area contributed by atoms with Crippen molar-refractivity contribution in [1.82, 2.24) is 0 Å². The van der Waals surface area contributed by atoms with Crippen LogP contribution in [0.2, 0.25) is 10.0 Å². The second-order valence-electron chi connectivity index (χ2n) is 4.19. The zero-order valence-electron chi connectivity index (χ0n) is 9.21. The normalized spacial score (nSPS) is 19.8. The molecule has 1 heterocycles. The summed E-state index contributed by atoms with van der Waals surface area (Å²) in [6.07, 6.45) is 0. The summed E-state index contributed by atoms with van der Waals surface area (Å²) in [7, 11) is 0. The summed E-state index contributed by atoms with van der Waals surface area (Å²) in [6, 6.07) is 5.65. The van der Waals surface area contributed by atoms with E-state index in [1.807, 2.05) is 6.07 Å². The number of aliphatic imine (C=N–C) groups is 1. The molecule has 0 saturated carbocycles. The van der Waals surface area contributed by atoms with E-state index in [-0.39, 0.29) is 6.04 Å². The number of rotatable bonds is 2. The van der Waals surface area contributed by atoms with Crippen molar-refractivity contribution in [2.24, 2.45) is 10.9 Å². The van der Waals surface area contributed by atoms with E-state index in [9.17, 15) is 0 Å². The molecule has 1 aromatic carbocycles. The molecule has 0 amide bonds. The summed E-state index contributed by atoms with van der Waals surface area (Å²) in [6.45, 7) is 4.91. The number of nitrogens with zero attached hydrogens (tertiary/aromatic N) is 1. The predicted octanol–water partition coefficient (Wildman–Crippen LogP) is 3.79. The van der Waals surface area contributed by atoms with Gasteiger partial charge in [0.25, 0.3) is 0 Å². The van der Waals surface area contributed by atoms with E-state index in [1.165, 1.54) is 0 Å². The van der Waals surface area contributed by atoms with Crippen molar-refractivity contribution in [3.05, 3.63) is 33.8 Å². The van der Waals surface area contributed by atoms with Gasteiger partial charge in [-0.25, -0.2) is 4.99 Å². The Labute approximate surface area is 105 Å². The maximum Gasteiger partial charge on any atom is 0.216 e. The summed E-state index contributed by atoms with van der Waals surface area (Å²) in [5.74, 6) is 1.15. The predicted molar refractivity (Wildman–Crippen MR) is 67.6 cm³/mol. The second-order valence-corrected chi connectivity index (χ2v) is 5.00. The molecule has 0 radical (unpaired) electrons. The second kappa shape index (κ2) is 4.64. The van der Waals surface area contributed by atoms with Crippen LogP contribution < -0.4 is 0 Å². The van der Waals surface area contributed by atoms with Gasteiger partial charge in [0.2, 0.25) is 5.90 Å². The lowest BCUT2D eigenvalue weighted by molar-refractivity contribution is 0.292. The van der Waals surface area contributed by atoms with E-state index >= 15 is 0 Å². The minimum absolute atomic E-state index is 0.240. The fourth-order valence-corrected chi connectivity index (χ4v) is 1.82. The molecule has 2 rings (SSSR count). The number of ether oxygens (including phenoxy) is 1. The van der Waals surface area contributed by atoms with Gasteiger partial charge < -0.3 is 4.74 Å². The molecule has 0 aliphatic carbocycles. The fourth-order valence-electron chi connectivity index (χ4n) is 1.52. The van der Waals surface area contributed by atoms with E-state index in [4.69, 9.17) is 27.9 Å². The standard InChI is InChI=1S/C12H13Cl2NO/c1-7(2)11-6-16-12(15-11)8-3-4-9(13)10(14)5-8/h3-5,7,11H,6H2,1-2H3. The lowest BCUT2D eigenvalue weighted by Crippen LogP contribution is -2.13. The molecule has 0 bridgehead atoms. The van der Waals surface area contributed by atoms with Gasteiger partial charge in [0.1, 0.15) is 6.61 Å². The first-order valence-corrected chi connectivity index (χ1v) is 5.99. The van der Waals surface area contributed by atoms with Crippen LogP contribution in [-0.4, -0.2) is 18.5 Å². The summed E-state index contributed by atoms with van der Waals surface area (Å²) in [5.41, 5.74) is 0.887. The minimum Gasteiger partial charge on any atom is -0.475 e. The highest BCUT2D eigenvalue weighted by atomic mass is 35.5. The first-order valence-electron chi connectivity index (χ1n) is 5.24. The molecule has 4 heteroatoms. The average Bonchev–Trinajstić information content (AvgIpc) is 2.71. The van der Waals surface area contributed by atoms with E-state index in [0.29, 0.717) is 28.5 Å². The van der Waals surface area contributed by atoms with Crippen LogP contribution in [0.5, 0.6) is 0 Å². The third kappa shape index (κ3) is 2.33. The maximum absolute atomic E-state index is 5.95. The highest BCUT2D eigenvalue weighted by Crippen LogP contribution is 2.25. The monoisotopic (exact) mass is 257 g/mol. The van der Waals surface area contributed by atoms with Crippen LogP contribution in [0.3, 0.4) is 0 Å². The van der Waals surface area contributed by atoms with Crippen molar-refractivity contribution in [3.8, 4) is 0 Å². The van der Waals surface area contributed by atoms with Crippen molar-refractivity contribution in [2.45, 2.75) is 19.9 Å². The summed E-state index contributed by atoms with van der Waals surface area (Å²) >= 11 is 11.8. The smallest absolute Gasteiger partial charge is 0.216 e. The highest BCUT2D eigenvalue weighted by molar-refractivity contribution is 6.42. The van der Waals surface area contributed by atoms with Gasteiger partial charge in [-0.3, -0.25) is 0 Å². The Hall–Kier alpha value is -0.730. The van der Waals surface area contributed by atoms with Crippen LogP contribution in [-0.2, 0) is 4.74 Å². The zero-order valence-corrected chi connectivity index (χ0v) is 10.7. The summed E-state index contributed by atoms with van der Waals surface area (Å²) in [4.78, 5) is 4.52. The average molecular weight is 258 g/mol. The largest absolute Gasteiger partial charge is 0.475 e. The maximum atomic E-state index is 5.95. The van der Waals surface area contributed by atoms with Crippen LogP contribution in [0.25, 0.3) is 0 Å². The molecule has 2 nitrogen and oxygen atoms in total. The molecule has 0 fully saturated rings. The Morgan fingerprint density at radius 1 is 1.31 bits per heavy atom. The first-order chi connectivity index (χ1) is 7.58. The number of benzene rings is 1. The third-order valence-electron chi connectivity index (χ3n) is 2.61. The molecule has 16 heavy (non-hydrogen) atoms. The quantitative estimate of drug-likeness (QED) is 0.790. The Bertz CT molecular complexity index is 429. The molecule has 86 valence electrons. The molecule has 0 aromatic heterocycles. The molecule has 0 spiro atoms. The molecule has 1 aromatic rings. The third-order valence-corrected chi connectivity index (χ3v) is 3.35. The summed E-state index contributed by atoms with van der Waals surface area (Å²) < 4.78 is 5.56. The molecular weight excluding hydrogens is 245 g/mol. The van der Waals surface area contributed by atoms with Gasteiger partial charge in [-0.15, -0.1) is 0 Å². The molecule has 1 aliphatic heterocycles. The van der Waals surface area contributed by atoms with E-state index < -0.39 is 0 Å². The Morgan fingerprint density at radius 2 is 2.06 bits per heavy atom. The summed E-state index contributed by atoms with van der Waals surface area (Å²) in [5, 5.41) is 1.07. The lowest BCUT2D eigenvalue weighted by atomic mass is 10.1. The Balaban J connectivity index is 2.25. The van der Waals surface area contributed by atoms with Gasteiger partial charge in [0.15, 0.2) is 0 Å². The molecule has 0 N–H and O–H groups in total. The van der Waals surface area contributed by atoms with E-state index in [1.54, 1.807) is 12.1 Å². The van der Waals surface area contributed by atoms with Crippen molar-refractivity contribution in [2.75, 3.05) is 6.61 Å². The van der Waals surface area contributed by atoms with Gasteiger partial charge >= 0.3 is 0 Å². The van der Waals surface area contributed by atoms with Gasteiger partial charge in [0.05, 0.1) is 16.1 Å². The van der Waals surface area contributed by atoms with Crippen LogP contribution in [0, 0.1) is 5.92 Å². The SMILES string of the molecule is CC(C)C1COC(c2ccc(Cl)c(Cl)c2)=N1. The topological polar surface area (TPSA) is 21.6 Å². The fraction of sp³-hybridized carbons (Fsp3) is 0.417. The lowest BCUT2D eigenvalue weighted by Gasteiger charge is -2.06. The van der Waals surface area contributed by atoms with Crippen LogP contribution in [0.1, 0.15) is 19.4 Å². The van der Waals surface area contributed by atoms with Crippen LogP contribution in [0.4, 0.5) is 0 Å². The zero-order chi connectivity index (χ0) is 11.7. The van der Waals surface area contributed by atoms with Crippen molar-refractivity contribution in [1.29, 1.82) is 0 Å². The van der Waals surface area contributed by atoms with E-state index in [2.05, 4.69) is 18.8 Å². The Morgan fingerprint density at radius 3 is 2.62 bits per heavy atom. The van der Waals surface area contributed by atoms with Crippen molar-refractivity contribution < 1.29 is 4.74 Å². The Kier molecular flexibility index (Phi) is 3.41. The van der Waals surface area contributed by atoms with Gasteiger partial charge in [-0.1, -0.05) is 37.0 Å². The van der Waals surface area contributed by atoms with Gasteiger partial charge in [0, 0.05) is 5.56 Å². The van der Waals surface area contributed by atoms with Crippen molar-refractivity contribution in [3.63, 3.8) is 0 Å². The van der Waals surface area contributed by atoms with Crippen LogP contribution >= 0.6 is 23.2 Å². The molecule has 1 unspecified atom stereocenters. The molecular formula is C12H13Cl2NO. The minimum atomic E-state index is 0.240. The molecule has 1 aliphatic rings. The number of hydrogen-bond donors (Lipinski definition) is 0. The number of halogens is 2.